The van der Waals surface area contributed by atoms with E-state index in [1.165, 1.54) is 0 Å². The molecule has 0 atom stereocenters. The Morgan fingerprint density at radius 2 is 1.91 bits per heavy atom. The average molecular weight is 454 g/mol. The molecule has 0 aliphatic carbocycles. The Kier molecular flexibility index (Phi) is 8.65. The molecule has 1 aromatic carbocycles. The standard InChI is InChI=1S/C25H35N5O3/c1-6-9-11-30-23-19(17-27-25(28-23)26-10-12-29(4)7-2)15-22(24(30)31)18-13-20(32-5)16-21(14-18)33-8-3/h13-17H,6-12H2,1-5H3,(H,26,27,28). The van der Waals surface area contributed by atoms with Gasteiger partial charge in [0.05, 0.1) is 13.7 Å². The van der Waals surface area contributed by atoms with E-state index in [1.54, 1.807) is 17.9 Å². The maximum atomic E-state index is 13.6. The molecule has 0 aliphatic heterocycles. The second kappa shape index (κ2) is 11.7. The molecule has 2 aromatic heterocycles. The van der Waals surface area contributed by atoms with Gasteiger partial charge in [-0.25, -0.2) is 4.98 Å². The smallest absolute Gasteiger partial charge is 0.260 e. The van der Waals surface area contributed by atoms with Gasteiger partial charge >= 0.3 is 0 Å². The lowest BCUT2D eigenvalue weighted by atomic mass is 10.0. The monoisotopic (exact) mass is 453 g/mol. The molecule has 0 saturated carbocycles. The predicted octanol–water partition coefficient (Wildman–Crippen LogP) is 4.03. The Balaban J connectivity index is 2.07. The van der Waals surface area contributed by atoms with Gasteiger partial charge in [0.15, 0.2) is 0 Å². The van der Waals surface area contributed by atoms with Crippen LogP contribution in [-0.4, -0.2) is 59.8 Å². The van der Waals surface area contributed by atoms with E-state index in [2.05, 4.69) is 36.1 Å². The fourth-order valence-electron chi connectivity index (χ4n) is 3.59. The summed E-state index contributed by atoms with van der Waals surface area (Å²) in [5.41, 5.74) is 1.89. The third-order valence-corrected chi connectivity index (χ3v) is 5.62. The molecule has 0 unspecified atom stereocenters. The van der Waals surface area contributed by atoms with Crippen molar-refractivity contribution in [2.24, 2.45) is 0 Å². The Bertz CT molecular complexity index is 1130. The number of rotatable bonds is 12. The van der Waals surface area contributed by atoms with E-state index < -0.39 is 0 Å². The highest BCUT2D eigenvalue weighted by atomic mass is 16.5. The summed E-state index contributed by atoms with van der Waals surface area (Å²) in [6.45, 7) is 9.88. The lowest BCUT2D eigenvalue weighted by Gasteiger charge is -2.16. The van der Waals surface area contributed by atoms with Gasteiger partial charge in [-0.3, -0.25) is 9.36 Å². The fraction of sp³-hybridized carbons (Fsp3) is 0.480. The molecule has 0 spiro atoms. The predicted molar refractivity (Wildman–Crippen MR) is 134 cm³/mol. The summed E-state index contributed by atoms with van der Waals surface area (Å²) >= 11 is 0. The van der Waals surface area contributed by atoms with E-state index in [9.17, 15) is 4.79 Å². The van der Waals surface area contributed by atoms with E-state index in [0.29, 0.717) is 41.8 Å². The van der Waals surface area contributed by atoms with Crippen LogP contribution in [0.25, 0.3) is 22.2 Å². The Hall–Kier alpha value is -3.13. The first kappa shape index (κ1) is 24.5. The summed E-state index contributed by atoms with van der Waals surface area (Å²) in [4.78, 5) is 25.0. The molecular formula is C25H35N5O3. The highest BCUT2D eigenvalue weighted by Gasteiger charge is 2.15. The molecule has 3 rings (SSSR count). The van der Waals surface area contributed by atoms with Gasteiger partial charge in [-0.15, -0.1) is 0 Å². The van der Waals surface area contributed by atoms with Crippen LogP contribution in [0.2, 0.25) is 0 Å². The van der Waals surface area contributed by atoms with Gasteiger partial charge < -0.3 is 19.7 Å². The molecule has 0 amide bonds. The number of nitrogens with zero attached hydrogens (tertiary/aromatic N) is 4. The third kappa shape index (κ3) is 6.01. The van der Waals surface area contributed by atoms with E-state index in [-0.39, 0.29) is 5.56 Å². The zero-order valence-electron chi connectivity index (χ0n) is 20.4. The van der Waals surface area contributed by atoms with Gasteiger partial charge in [-0.05, 0) is 50.7 Å². The number of likely N-dealkylation sites (N-methyl/N-ethyl adjacent to an activating group) is 1. The van der Waals surface area contributed by atoms with E-state index in [0.717, 1.165) is 43.4 Å². The van der Waals surface area contributed by atoms with Gasteiger partial charge in [-0.2, -0.15) is 4.98 Å². The van der Waals surface area contributed by atoms with Gasteiger partial charge in [0, 0.05) is 42.8 Å². The molecule has 178 valence electrons. The largest absolute Gasteiger partial charge is 0.497 e. The fourth-order valence-corrected chi connectivity index (χ4v) is 3.59. The second-order valence-electron chi connectivity index (χ2n) is 7.99. The third-order valence-electron chi connectivity index (χ3n) is 5.62. The van der Waals surface area contributed by atoms with Gasteiger partial charge in [0.25, 0.3) is 5.56 Å². The van der Waals surface area contributed by atoms with Crippen molar-refractivity contribution in [3.05, 3.63) is 40.8 Å². The van der Waals surface area contributed by atoms with Crippen molar-refractivity contribution in [3.63, 3.8) is 0 Å². The molecule has 0 fully saturated rings. The Labute approximate surface area is 195 Å². The van der Waals surface area contributed by atoms with Crippen LogP contribution in [-0.2, 0) is 6.54 Å². The number of anilines is 1. The number of ether oxygens (including phenoxy) is 2. The van der Waals surface area contributed by atoms with Crippen molar-refractivity contribution in [1.29, 1.82) is 0 Å². The summed E-state index contributed by atoms with van der Waals surface area (Å²) in [5, 5.41) is 4.09. The first-order chi connectivity index (χ1) is 16.0. The molecule has 1 N–H and O–H groups in total. The minimum Gasteiger partial charge on any atom is -0.497 e. The molecule has 0 saturated heterocycles. The van der Waals surface area contributed by atoms with Gasteiger partial charge in [0.2, 0.25) is 5.95 Å². The molecule has 2 heterocycles. The molecular weight excluding hydrogens is 418 g/mol. The van der Waals surface area contributed by atoms with Crippen LogP contribution in [0.3, 0.4) is 0 Å². The minimum atomic E-state index is -0.0815. The maximum Gasteiger partial charge on any atom is 0.260 e. The number of aromatic nitrogens is 3. The Morgan fingerprint density at radius 3 is 2.61 bits per heavy atom. The number of unbranched alkanes of at least 4 members (excludes halogenated alkanes) is 1. The molecule has 8 heteroatoms. The van der Waals surface area contributed by atoms with Crippen LogP contribution in [0.5, 0.6) is 11.5 Å². The van der Waals surface area contributed by atoms with E-state index >= 15 is 0 Å². The summed E-state index contributed by atoms with van der Waals surface area (Å²) in [6, 6.07) is 7.41. The van der Waals surface area contributed by atoms with E-state index in [4.69, 9.17) is 14.5 Å². The highest BCUT2D eigenvalue weighted by molar-refractivity contribution is 5.82. The number of pyridine rings is 1. The van der Waals surface area contributed by atoms with Crippen LogP contribution in [0, 0.1) is 0 Å². The summed E-state index contributed by atoms with van der Waals surface area (Å²) in [6.07, 6.45) is 3.64. The number of methoxy groups -OCH3 is 1. The first-order valence-electron chi connectivity index (χ1n) is 11.7. The molecule has 0 radical (unpaired) electrons. The summed E-state index contributed by atoms with van der Waals surface area (Å²) in [5.74, 6) is 1.84. The van der Waals surface area contributed by atoms with Gasteiger partial charge in [-0.1, -0.05) is 20.3 Å². The number of aryl methyl sites for hydroxylation is 1. The normalized spacial score (nSPS) is 11.2. The summed E-state index contributed by atoms with van der Waals surface area (Å²) < 4.78 is 12.9. The van der Waals surface area contributed by atoms with Crippen molar-refractivity contribution in [2.75, 3.05) is 45.7 Å². The quantitative estimate of drug-likeness (QED) is 0.443. The lowest BCUT2D eigenvalue weighted by Crippen LogP contribution is -2.26. The number of hydrogen-bond acceptors (Lipinski definition) is 7. The highest BCUT2D eigenvalue weighted by Crippen LogP contribution is 2.30. The van der Waals surface area contributed by atoms with Crippen molar-refractivity contribution in [2.45, 2.75) is 40.2 Å². The number of nitrogens with one attached hydrogen (secondary N) is 1. The maximum absolute atomic E-state index is 13.6. The van der Waals surface area contributed by atoms with Crippen molar-refractivity contribution in [1.82, 2.24) is 19.4 Å². The molecule has 8 nitrogen and oxygen atoms in total. The zero-order valence-corrected chi connectivity index (χ0v) is 20.4. The SMILES string of the molecule is CCCCn1c(=O)c(-c2cc(OC)cc(OCC)c2)cc2cnc(NCCN(C)CC)nc21. The van der Waals surface area contributed by atoms with Crippen LogP contribution >= 0.6 is 0 Å². The molecule has 33 heavy (non-hydrogen) atoms. The first-order valence-corrected chi connectivity index (χ1v) is 11.7. The van der Waals surface area contributed by atoms with Crippen molar-refractivity contribution in [3.8, 4) is 22.6 Å². The molecule has 0 bridgehead atoms. The summed E-state index contributed by atoms with van der Waals surface area (Å²) in [7, 11) is 3.68. The number of hydrogen-bond donors (Lipinski definition) is 1. The van der Waals surface area contributed by atoms with E-state index in [1.807, 2.05) is 31.2 Å². The van der Waals surface area contributed by atoms with Crippen LogP contribution in [0.1, 0.15) is 33.6 Å². The average Bonchev–Trinajstić information content (AvgIpc) is 2.83. The van der Waals surface area contributed by atoms with Crippen LogP contribution in [0.4, 0.5) is 5.95 Å². The zero-order chi connectivity index (χ0) is 23.8. The lowest BCUT2D eigenvalue weighted by molar-refractivity contribution is 0.336. The number of benzene rings is 1. The second-order valence-corrected chi connectivity index (χ2v) is 7.99. The number of fused-ring (bicyclic) bond motifs is 1. The Morgan fingerprint density at radius 1 is 1.12 bits per heavy atom. The van der Waals surface area contributed by atoms with Crippen LogP contribution < -0.4 is 20.3 Å². The van der Waals surface area contributed by atoms with Crippen molar-refractivity contribution >= 4 is 17.0 Å². The van der Waals surface area contributed by atoms with Gasteiger partial charge in [0.1, 0.15) is 17.1 Å². The molecule has 0 aliphatic rings. The topological polar surface area (TPSA) is 81.5 Å². The van der Waals surface area contributed by atoms with Crippen molar-refractivity contribution < 1.29 is 9.47 Å². The van der Waals surface area contributed by atoms with Crippen LogP contribution in [0.15, 0.2) is 35.3 Å². The minimum absolute atomic E-state index is 0.0815. The molecule has 3 aromatic rings.